The minimum absolute atomic E-state index is 0.0733. The SMILES string of the molecule is COc1cccc(C2C(N)C2(C)C)c1O. The molecule has 1 fully saturated rings. The summed E-state index contributed by atoms with van der Waals surface area (Å²) in [6.45, 7) is 4.22. The van der Waals surface area contributed by atoms with E-state index in [1.807, 2.05) is 12.1 Å². The van der Waals surface area contributed by atoms with E-state index in [0.29, 0.717) is 5.75 Å². The standard InChI is InChI=1S/C12H17NO2/c1-12(2)9(11(12)13)7-5-4-6-8(15-3)10(7)14/h4-6,9,11,14H,13H2,1-3H3. The molecule has 0 spiro atoms. The van der Waals surface area contributed by atoms with Crippen molar-refractivity contribution in [2.45, 2.75) is 25.8 Å². The van der Waals surface area contributed by atoms with Crippen LogP contribution in [0.2, 0.25) is 0 Å². The summed E-state index contributed by atoms with van der Waals surface area (Å²) >= 11 is 0. The van der Waals surface area contributed by atoms with Gasteiger partial charge in [0.25, 0.3) is 0 Å². The summed E-state index contributed by atoms with van der Waals surface area (Å²) in [5.41, 5.74) is 6.95. The van der Waals surface area contributed by atoms with E-state index in [-0.39, 0.29) is 23.1 Å². The van der Waals surface area contributed by atoms with Crippen LogP contribution < -0.4 is 10.5 Å². The minimum Gasteiger partial charge on any atom is -0.504 e. The van der Waals surface area contributed by atoms with Crippen LogP contribution in [-0.4, -0.2) is 18.3 Å². The second-order valence-electron chi connectivity index (χ2n) is 4.72. The maximum Gasteiger partial charge on any atom is 0.161 e. The Morgan fingerprint density at radius 3 is 2.47 bits per heavy atom. The molecule has 1 aliphatic rings. The fraction of sp³-hybridized carbons (Fsp3) is 0.500. The van der Waals surface area contributed by atoms with Gasteiger partial charge in [0.2, 0.25) is 0 Å². The zero-order valence-electron chi connectivity index (χ0n) is 9.32. The van der Waals surface area contributed by atoms with E-state index >= 15 is 0 Å². The first kappa shape index (κ1) is 10.3. The van der Waals surface area contributed by atoms with Crippen LogP contribution in [0.1, 0.15) is 25.3 Å². The molecular formula is C12H17NO2. The quantitative estimate of drug-likeness (QED) is 0.778. The number of phenols is 1. The number of methoxy groups -OCH3 is 1. The number of rotatable bonds is 2. The van der Waals surface area contributed by atoms with Crippen molar-refractivity contribution >= 4 is 0 Å². The molecule has 0 aliphatic heterocycles. The van der Waals surface area contributed by atoms with E-state index in [1.165, 1.54) is 0 Å². The predicted molar refractivity (Wildman–Crippen MR) is 59.2 cm³/mol. The number of phenolic OH excluding ortho intramolecular Hbond substituents is 1. The molecular weight excluding hydrogens is 190 g/mol. The Hall–Kier alpha value is -1.22. The Bertz CT molecular complexity index is 387. The van der Waals surface area contributed by atoms with Gasteiger partial charge >= 0.3 is 0 Å². The number of ether oxygens (including phenoxy) is 1. The van der Waals surface area contributed by atoms with Gasteiger partial charge in [0.15, 0.2) is 11.5 Å². The molecule has 2 unspecified atom stereocenters. The van der Waals surface area contributed by atoms with Crippen LogP contribution >= 0.6 is 0 Å². The van der Waals surface area contributed by atoms with Gasteiger partial charge in [0, 0.05) is 17.5 Å². The summed E-state index contributed by atoms with van der Waals surface area (Å²) < 4.78 is 5.08. The highest BCUT2D eigenvalue weighted by atomic mass is 16.5. The molecule has 1 aliphatic carbocycles. The number of benzene rings is 1. The van der Waals surface area contributed by atoms with Crippen LogP contribution in [0, 0.1) is 5.41 Å². The first-order chi connectivity index (χ1) is 7.00. The molecule has 1 saturated carbocycles. The number of para-hydroxylation sites is 1. The molecule has 2 rings (SSSR count). The van der Waals surface area contributed by atoms with Crippen LogP contribution in [0.15, 0.2) is 18.2 Å². The second kappa shape index (κ2) is 3.14. The molecule has 0 bridgehead atoms. The molecule has 0 aromatic heterocycles. The van der Waals surface area contributed by atoms with Gasteiger partial charge < -0.3 is 15.6 Å². The van der Waals surface area contributed by atoms with Crippen LogP contribution in [0.25, 0.3) is 0 Å². The zero-order chi connectivity index (χ0) is 11.2. The summed E-state index contributed by atoms with van der Waals surface area (Å²) in [4.78, 5) is 0. The molecule has 0 heterocycles. The van der Waals surface area contributed by atoms with Crippen molar-refractivity contribution in [3.8, 4) is 11.5 Å². The minimum atomic E-state index is 0.0733. The predicted octanol–water partition coefficient (Wildman–Crippen LogP) is 1.85. The molecule has 1 aromatic carbocycles. The average Bonchev–Trinajstić information content (AvgIpc) is 2.68. The third-order valence-corrected chi connectivity index (χ3v) is 3.50. The van der Waals surface area contributed by atoms with Crippen LogP contribution in [-0.2, 0) is 0 Å². The fourth-order valence-electron chi connectivity index (χ4n) is 2.23. The monoisotopic (exact) mass is 207 g/mol. The molecule has 15 heavy (non-hydrogen) atoms. The van der Waals surface area contributed by atoms with Gasteiger partial charge in [0.05, 0.1) is 7.11 Å². The molecule has 2 atom stereocenters. The molecule has 0 radical (unpaired) electrons. The van der Waals surface area contributed by atoms with E-state index in [0.717, 1.165) is 5.56 Å². The third kappa shape index (κ3) is 1.38. The summed E-state index contributed by atoms with van der Waals surface area (Å²) in [6.07, 6.45) is 0. The van der Waals surface area contributed by atoms with Crippen LogP contribution in [0.3, 0.4) is 0 Å². The highest BCUT2D eigenvalue weighted by Gasteiger charge is 2.57. The van der Waals surface area contributed by atoms with E-state index in [4.69, 9.17) is 10.5 Å². The number of hydrogen-bond donors (Lipinski definition) is 2. The Balaban J connectivity index is 2.39. The van der Waals surface area contributed by atoms with Crippen LogP contribution in [0.4, 0.5) is 0 Å². The third-order valence-electron chi connectivity index (χ3n) is 3.50. The Kier molecular flexibility index (Phi) is 2.15. The molecule has 0 saturated heterocycles. The number of nitrogens with two attached hydrogens (primary N) is 1. The van der Waals surface area contributed by atoms with Crippen LogP contribution in [0.5, 0.6) is 11.5 Å². The lowest BCUT2D eigenvalue weighted by atomic mass is 10.0. The highest BCUT2D eigenvalue weighted by Crippen LogP contribution is 2.59. The number of hydrogen-bond acceptors (Lipinski definition) is 3. The van der Waals surface area contributed by atoms with Crippen molar-refractivity contribution in [1.29, 1.82) is 0 Å². The molecule has 82 valence electrons. The van der Waals surface area contributed by atoms with Gasteiger partial charge in [-0.1, -0.05) is 26.0 Å². The lowest BCUT2D eigenvalue weighted by molar-refractivity contribution is 0.369. The maximum atomic E-state index is 9.97. The topological polar surface area (TPSA) is 55.5 Å². The van der Waals surface area contributed by atoms with Crippen molar-refractivity contribution in [3.05, 3.63) is 23.8 Å². The van der Waals surface area contributed by atoms with Crippen molar-refractivity contribution in [2.75, 3.05) is 7.11 Å². The van der Waals surface area contributed by atoms with Crippen molar-refractivity contribution in [2.24, 2.45) is 11.1 Å². The molecule has 3 nitrogen and oxygen atoms in total. The van der Waals surface area contributed by atoms with Gasteiger partial charge in [-0.05, 0) is 11.5 Å². The van der Waals surface area contributed by atoms with E-state index in [2.05, 4.69) is 13.8 Å². The summed E-state index contributed by atoms with van der Waals surface area (Å²) in [6, 6.07) is 5.67. The van der Waals surface area contributed by atoms with Gasteiger partial charge in [-0.3, -0.25) is 0 Å². The van der Waals surface area contributed by atoms with E-state index < -0.39 is 0 Å². The molecule has 3 heteroatoms. The van der Waals surface area contributed by atoms with E-state index in [9.17, 15) is 5.11 Å². The summed E-state index contributed by atoms with van der Waals surface area (Å²) in [5, 5.41) is 9.97. The lowest BCUT2D eigenvalue weighted by Crippen LogP contribution is -2.06. The van der Waals surface area contributed by atoms with Gasteiger partial charge in [-0.15, -0.1) is 0 Å². The van der Waals surface area contributed by atoms with Crippen molar-refractivity contribution < 1.29 is 9.84 Å². The highest BCUT2D eigenvalue weighted by molar-refractivity contribution is 5.51. The summed E-state index contributed by atoms with van der Waals surface area (Å²) in [7, 11) is 1.55. The Labute approximate surface area is 89.9 Å². The Morgan fingerprint density at radius 2 is 2.00 bits per heavy atom. The second-order valence-corrected chi connectivity index (χ2v) is 4.72. The number of aromatic hydroxyl groups is 1. The first-order valence-electron chi connectivity index (χ1n) is 5.11. The smallest absolute Gasteiger partial charge is 0.161 e. The fourth-order valence-corrected chi connectivity index (χ4v) is 2.23. The van der Waals surface area contributed by atoms with E-state index in [1.54, 1.807) is 13.2 Å². The zero-order valence-corrected chi connectivity index (χ0v) is 9.32. The molecule has 3 N–H and O–H groups in total. The van der Waals surface area contributed by atoms with Gasteiger partial charge in [0.1, 0.15) is 0 Å². The van der Waals surface area contributed by atoms with Gasteiger partial charge in [-0.2, -0.15) is 0 Å². The summed E-state index contributed by atoms with van der Waals surface area (Å²) in [5.74, 6) is 0.973. The Morgan fingerprint density at radius 1 is 1.40 bits per heavy atom. The normalized spacial score (nSPS) is 27.5. The lowest BCUT2D eigenvalue weighted by Gasteiger charge is -2.09. The van der Waals surface area contributed by atoms with Crippen molar-refractivity contribution in [3.63, 3.8) is 0 Å². The molecule has 1 aromatic rings. The average molecular weight is 207 g/mol. The largest absolute Gasteiger partial charge is 0.504 e. The van der Waals surface area contributed by atoms with Crippen molar-refractivity contribution in [1.82, 2.24) is 0 Å². The molecule has 0 amide bonds. The van der Waals surface area contributed by atoms with Gasteiger partial charge in [-0.25, -0.2) is 0 Å². The first-order valence-corrected chi connectivity index (χ1v) is 5.11. The maximum absolute atomic E-state index is 9.97.